The molecule has 2 aromatic heterocycles. The van der Waals surface area contributed by atoms with Crippen molar-refractivity contribution in [3.8, 4) is 5.69 Å². The van der Waals surface area contributed by atoms with Crippen LogP contribution in [0, 0.1) is 0 Å². The number of fused-ring (bicyclic) bond motifs is 1. The van der Waals surface area contributed by atoms with E-state index in [9.17, 15) is 18.0 Å². The quantitative estimate of drug-likeness (QED) is 0.190. The SMILES string of the molecule is C=C1CCc2c(Cc3ccc(NC(=O)Nc4cc(C(C)(C)C)nn4-c4cccc(CN5CCOCC5)c4)c(C(F)(F)F)c3)ccnc2N1. The van der Waals surface area contributed by atoms with Gasteiger partial charge in [-0.25, -0.2) is 14.5 Å². The second-order valence-corrected chi connectivity index (χ2v) is 13.3. The van der Waals surface area contributed by atoms with Crippen LogP contribution in [-0.4, -0.2) is 52.0 Å². The molecule has 252 valence electrons. The van der Waals surface area contributed by atoms with Crippen molar-refractivity contribution in [2.45, 2.75) is 58.2 Å². The first kappa shape index (κ1) is 33.2. The molecule has 0 bridgehead atoms. The average molecular weight is 660 g/mol. The maximum absolute atomic E-state index is 14.4. The second-order valence-electron chi connectivity index (χ2n) is 13.3. The Bertz CT molecular complexity index is 1820. The predicted molar refractivity (Wildman–Crippen MR) is 181 cm³/mol. The van der Waals surface area contributed by atoms with E-state index >= 15 is 0 Å². The van der Waals surface area contributed by atoms with Gasteiger partial charge in [0.1, 0.15) is 11.6 Å². The Hall–Kier alpha value is -4.68. The van der Waals surface area contributed by atoms with Crippen molar-refractivity contribution >= 4 is 23.4 Å². The molecule has 2 amide bonds. The van der Waals surface area contributed by atoms with Gasteiger partial charge in [0.15, 0.2) is 0 Å². The first-order valence-electron chi connectivity index (χ1n) is 16.0. The summed E-state index contributed by atoms with van der Waals surface area (Å²) in [6.45, 7) is 13.8. The number of morpholine rings is 1. The van der Waals surface area contributed by atoms with E-state index in [1.165, 1.54) is 6.07 Å². The number of carbonyl (C=O) groups excluding carboxylic acids is 1. The topological polar surface area (TPSA) is 96.3 Å². The number of ether oxygens (including phenoxy) is 1. The van der Waals surface area contributed by atoms with Gasteiger partial charge in [-0.05, 0) is 71.8 Å². The van der Waals surface area contributed by atoms with Gasteiger partial charge in [-0.2, -0.15) is 18.3 Å². The lowest BCUT2D eigenvalue weighted by Crippen LogP contribution is -2.35. The lowest BCUT2D eigenvalue weighted by atomic mass is 9.92. The summed E-state index contributed by atoms with van der Waals surface area (Å²) in [6.07, 6.45) is -1.33. The number of benzene rings is 2. The Balaban J connectivity index is 1.24. The molecule has 0 radical (unpaired) electrons. The standard InChI is InChI=1S/C36H40F3N7O2/c1-23-8-10-28-26(12-13-40-33(28)41-23)18-24-9-11-30(29(20-24)36(37,38)39)42-34(47)43-32-21-31(35(2,3)4)44-46(32)27-7-5-6-25(19-27)22-45-14-16-48-17-15-45/h5-7,9,11-13,19-21H,1,8,10,14-18,22H2,2-4H3,(H,40,41)(H2,42,43,47). The molecule has 12 heteroatoms. The number of halogens is 3. The van der Waals surface area contributed by atoms with E-state index in [1.54, 1.807) is 23.0 Å². The third-order valence-corrected chi connectivity index (χ3v) is 8.54. The number of anilines is 3. The number of alkyl halides is 3. The second kappa shape index (κ2) is 13.4. The number of nitrogens with one attached hydrogen (secondary N) is 3. The zero-order chi connectivity index (χ0) is 34.1. The number of aromatic nitrogens is 3. The van der Waals surface area contributed by atoms with Crippen molar-refractivity contribution in [3.05, 3.63) is 107 Å². The summed E-state index contributed by atoms with van der Waals surface area (Å²) in [5.74, 6) is 1.03. The molecule has 2 aliphatic heterocycles. The Morgan fingerprint density at radius 1 is 1.00 bits per heavy atom. The monoisotopic (exact) mass is 659 g/mol. The van der Waals surface area contributed by atoms with Gasteiger partial charge in [-0.3, -0.25) is 10.2 Å². The molecule has 0 aliphatic carbocycles. The summed E-state index contributed by atoms with van der Waals surface area (Å²) in [4.78, 5) is 20.0. The van der Waals surface area contributed by atoms with Gasteiger partial charge in [0.25, 0.3) is 0 Å². The molecule has 2 aromatic carbocycles. The van der Waals surface area contributed by atoms with Crippen LogP contribution in [0.4, 0.5) is 35.3 Å². The summed E-state index contributed by atoms with van der Waals surface area (Å²) in [6, 6.07) is 14.6. The number of amides is 2. The minimum absolute atomic E-state index is 0.286. The van der Waals surface area contributed by atoms with Crippen molar-refractivity contribution in [1.82, 2.24) is 19.7 Å². The Morgan fingerprint density at radius 2 is 1.79 bits per heavy atom. The molecule has 0 saturated carbocycles. The largest absolute Gasteiger partial charge is 0.418 e. The van der Waals surface area contributed by atoms with Gasteiger partial charge in [-0.1, -0.05) is 45.5 Å². The van der Waals surface area contributed by atoms with Crippen molar-refractivity contribution < 1.29 is 22.7 Å². The fourth-order valence-electron chi connectivity index (χ4n) is 5.96. The van der Waals surface area contributed by atoms with E-state index in [0.29, 0.717) is 36.8 Å². The normalized spacial score (nSPS) is 15.5. The number of allylic oxidation sites excluding steroid dienone is 1. The smallest absolute Gasteiger partial charge is 0.379 e. The molecule has 0 unspecified atom stereocenters. The number of pyridine rings is 1. The summed E-state index contributed by atoms with van der Waals surface area (Å²) in [5, 5.41) is 13.2. The van der Waals surface area contributed by atoms with Gasteiger partial charge < -0.3 is 15.4 Å². The molecule has 4 heterocycles. The third kappa shape index (κ3) is 7.71. The number of carbonyl (C=O) groups is 1. The van der Waals surface area contributed by atoms with Crippen LogP contribution in [0.5, 0.6) is 0 Å². The molecule has 9 nitrogen and oxygen atoms in total. The van der Waals surface area contributed by atoms with E-state index in [4.69, 9.17) is 9.84 Å². The number of nitrogens with zero attached hydrogens (tertiary/aromatic N) is 4. The van der Waals surface area contributed by atoms with Gasteiger partial charge in [-0.15, -0.1) is 0 Å². The van der Waals surface area contributed by atoms with Crippen LogP contribution >= 0.6 is 0 Å². The summed E-state index contributed by atoms with van der Waals surface area (Å²) < 4.78 is 50.2. The van der Waals surface area contributed by atoms with Crippen LogP contribution in [0.1, 0.15) is 60.7 Å². The first-order valence-corrected chi connectivity index (χ1v) is 16.0. The fourth-order valence-corrected chi connectivity index (χ4v) is 5.96. The van der Waals surface area contributed by atoms with E-state index in [0.717, 1.165) is 65.9 Å². The molecular formula is C36H40F3N7O2. The molecule has 1 saturated heterocycles. The molecule has 0 spiro atoms. The van der Waals surface area contributed by atoms with Crippen molar-refractivity contribution in [3.63, 3.8) is 0 Å². The van der Waals surface area contributed by atoms with Crippen LogP contribution in [0.15, 0.2) is 73.1 Å². The third-order valence-electron chi connectivity index (χ3n) is 8.54. The Kier molecular flexibility index (Phi) is 9.30. The highest BCUT2D eigenvalue weighted by Gasteiger charge is 2.34. The van der Waals surface area contributed by atoms with Crippen LogP contribution < -0.4 is 16.0 Å². The number of hydrogen-bond donors (Lipinski definition) is 3. The molecule has 4 aromatic rings. The van der Waals surface area contributed by atoms with Gasteiger partial charge in [0.2, 0.25) is 0 Å². The number of hydrogen-bond acceptors (Lipinski definition) is 6. The van der Waals surface area contributed by atoms with Gasteiger partial charge in [0.05, 0.1) is 35.8 Å². The summed E-state index contributed by atoms with van der Waals surface area (Å²) >= 11 is 0. The van der Waals surface area contributed by atoms with E-state index in [1.807, 2.05) is 51.1 Å². The van der Waals surface area contributed by atoms with Crippen molar-refractivity contribution in [2.75, 3.05) is 42.3 Å². The maximum atomic E-state index is 14.4. The first-order chi connectivity index (χ1) is 22.8. The minimum atomic E-state index is -4.70. The fraction of sp³-hybridized carbons (Fsp3) is 0.361. The molecule has 0 atom stereocenters. The van der Waals surface area contributed by atoms with Crippen molar-refractivity contribution in [2.24, 2.45) is 0 Å². The number of rotatable bonds is 7. The van der Waals surface area contributed by atoms with Crippen LogP contribution in [0.25, 0.3) is 5.69 Å². The number of urea groups is 1. The summed E-state index contributed by atoms with van der Waals surface area (Å²) in [7, 11) is 0. The zero-order valence-electron chi connectivity index (χ0n) is 27.4. The highest BCUT2D eigenvalue weighted by molar-refractivity contribution is 6.00. The van der Waals surface area contributed by atoms with Crippen molar-refractivity contribution in [1.29, 1.82) is 0 Å². The van der Waals surface area contributed by atoms with E-state index < -0.39 is 17.8 Å². The van der Waals surface area contributed by atoms with Crippen LogP contribution in [0.3, 0.4) is 0 Å². The van der Waals surface area contributed by atoms with Crippen LogP contribution in [-0.2, 0) is 35.7 Å². The van der Waals surface area contributed by atoms with Crippen LogP contribution in [0.2, 0.25) is 0 Å². The maximum Gasteiger partial charge on any atom is 0.418 e. The molecule has 1 fully saturated rings. The van der Waals surface area contributed by atoms with E-state index in [2.05, 4.69) is 32.4 Å². The lowest BCUT2D eigenvalue weighted by molar-refractivity contribution is -0.137. The average Bonchev–Trinajstić information content (AvgIpc) is 3.46. The van der Waals surface area contributed by atoms with E-state index in [-0.39, 0.29) is 17.5 Å². The van der Waals surface area contributed by atoms with Gasteiger partial charge in [0, 0.05) is 43.0 Å². The predicted octanol–water partition coefficient (Wildman–Crippen LogP) is 7.52. The van der Waals surface area contributed by atoms with Gasteiger partial charge >= 0.3 is 12.2 Å². The lowest BCUT2D eigenvalue weighted by Gasteiger charge is -2.26. The summed E-state index contributed by atoms with van der Waals surface area (Å²) in [5.41, 5.74) is 4.09. The molecule has 6 rings (SSSR count). The highest BCUT2D eigenvalue weighted by atomic mass is 19.4. The minimum Gasteiger partial charge on any atom is -0.379 e. The zero-order valence-corrected chi connectivity index (χ0v) is 27.4. The molecule has 2 aliphatic rings. The Labute approximate surface area is 278 Å². The Morgan fingerprint density at radius 3 is 2.54 bits per heavy atom. The molecular weight excluding hydrogens is 619 g/mol. The molecule has 48 heavy (non-hydrogen) atoms. The highest BCUT2D eigenvalue weighted by Crippen LogP contribution is 2.37. The molecule has 3 N–H and O–H groups in total.